The SMILES string of the molecule is C=CCO/N=C(/CCC)C1=C(c2c(C(=O)O)ccc(C(=O)O)c2C2=C(/C(CCC)=N\OCC=C)C(=O)CC(C)(C)C2)CC(C)(C)CC1=O. The minimum atomic E-state index is -1.30. The third-order valence-corrected chi connectivity index (χ3v) is 8.30. The van der Waals surface area contributed by atoms with Crippen molar-refractivity contribution in [2.75, 3.05) is 13.2 Å². The molecular weight excluding hydrogens is 612 g/mol. The summed E-state index contributed by atoms with van der Waals surface area (Å²) < 4.78 is 0. The third-order valence-electron chi connectivity index (χ3n) is 8.30. The van der Waals surface area contributed by atoms with Gasteiger partial charge < -0.3 is 19.9 Å². The summed E-state index contributed by atoms with van der Waals surface area (Å²) in [5.74, 6) is -3.11. The van der Waals surface area contributed by atoms with E-state index in [2.05, 4.69) is 23.5 Å². The Morgan fingerprint density at radius 3 is 1.38 bits per heavy atom. The number of nitrogens with zero attached hydrogens (tertiary/aromatic N) is 2. The fraction of sp³-hybridized carbons (Fsp3) is 0.474. The van der Waals surface area contributed by atoms with Gasteiger partial charge in [-0.3, -0.25) is 9.59 Å². The van der Waals surface area contributed by atoms with Gasteiger partial charge in [0.25, 0.3) is 0 Å². The van der Waals surface area contributed by atoms with E-state index in [1.807, 2.05) is 41.5 Å². The second kappa shape index (κ2) is 16.0. The van der Waals surface area contributed by atoms with E-state index in [9.17, 15) is 29.4 Å². The maximum absolute atomic E-state index is 14.1. The highest BCUT2D eigenvalue weighted by molar-refractivity contribution is 6.31. The molecule has 0 heterocycles. The molecule has 2 N–H and O–H groups in total. The molecule has 0 radical (unpaired) electrons. The number of rotatable bonds is 16. The summed E-state index contributed by atoms with van der Waals surface area (Å²) in [4.78, 5) is 65.3. The molecule has 2 aliphatic carbocycles. The van der Waals surface area contributed by atoms with Crippen LogP contribution in [0.25, 0.3) is 11.1 Å². The van der Waals surface area contributed by atoms with E-state index in [-0.39, 0.29) is 83.9 Å². The second-order valence-electron chi connectivity index (χ2n) is 13.9. The number of allylic oxidation sites excluding steroid dienone is 4. The molecule has 1 aromatic rings. The zero-order valence-corrected chi connectivity index (χ0v) is 29.0. The molecule has 0 spiro atoms. The molecule has 1 aromatic carbocycles. The molecule has 0 saturated carbocycles. The first kappa shape index (κ1) is 37.9. The lowest BCUT2D eigenvalue weighted by atomic mass is 9.66. The zero-order chi connectivity index (χ0) is 35.8. The highest BCUT2D eigenvalue weighted by Gasteiger charge is 2.42. The Morgan fingerprint density at radius 1 is 0.729 bits per heavy atom. The zero-order valence-electron chi connectivity index (χ0n) is 29.0. The summed E-state index contributed by atoms with van der Waals surface area (Å²) in [7, 11) is 0. The molecule has 3 rings (SSSR count). The lowest BCUT2D eigenvalue weighted by Gasteiger charge is -2.37. The number of benzene rings is 1. The summed E-state index contributed by atoms with van der Waals surface area (Å²) in [6.45, 7) is 19.0. The molecule has 0 fully saturated rings. The van der Waals surface area contributed by atoms with E-state index in [1.165, 1.54) is 24.3 Å². The molecule has 0 aliphatic heterocycles. The van der Waals surface area contributed by atoms with Gasteiger partial charge in [-0.1, -0.05) is 90.0 Å². The van der Waals surface area contributed by atoms with E-state index in [0.29, 0.717) is 48.3 Å². The van der Waals surface area contributed by atoms with Gasteiger partial charge in [0.1, 0.15) is 13.2 Å². The van der Waals surface area contributed by atoms with Crippen LogP contribution >= 0.6 is 0 Å². The molecule has 48 heavy (non-hydrogen) atoms. The standard InChI is InChI=1S/C38H48N2O8/c1-9-13-27(39-47-17-11-3)33-25(19-37(5,6)21-29(33)41)31-23(35(43)44)15-16-24(36(45)46)32(31)26-20-38(7,8)22-30(42)34(26)28(14-10-2)40-48-18-12-4/h11-12,15-16H,3-4,9-10,13-14,17-22H2,1-2,5-8H3,(H,43,44)(H,45,46)/b39-27-,40-28-. The van der Waals surface area contributed by atoms with Gasteiger partial charge in [0.15, 0.2) is 11.6 Å². The molecule has 0 aromatic heterocycles. The number of carboxylic acids is 2. The van der Waals surface area contributed by atoms with Crippen molar-refractivity contribution in [2.24, 2.45) is 21.1 Å². The molecule has 0 atom stereocenters. The van der Waals surface area contributed by atoms with Gasteiger partial charge in [0.05, 0.1) is 22.6 Å². The minimum absolute atomic E-state index is 0.0897. The highest BCUT2D eigenvalue weighted by atomic mass is 16.6. The Kier molecular flexibility index (Phi) is 12.6. The average Bonchev–Trinajstić information content (AvgIpc) is 2.98. The quantitative estimate of drug-likeness (QED) is 0.0781. The molecule has 2 aliphatic rings. The third kappa shape index (κ3) is 8.65. The van der Waals surface area contributed by atoms with Gasteiger partial charge in [0, 0.05) is 35.1 Å². The maximum atomic E-state index is 14.1. The first-order valence-electron chi connectivity index (χ1n) is 16.4. The van der Waals surface area contributed by atoms with E-state index >= 15 is 0 Å². The van der Waals surface area contributed by atoms with Crippen LogP contribution in [0.1, 0.15) is 125 Å². The second-order valence-corrected chi connectivity index (χ2v) is 13.9. The number of hydrogen-bond acceptors (Lipinski definition) is 8. The van der Waals surface area contributed by atoms with Crippen molar-refractivity contribution in [1.82, 2.24) is 0 Å². The molecule has 0 unspecified atom stereocenters. The lowest BCUT2D eigenvalue weighted by molar-refractivity contribution is -0.118. The van der Waals surface area contributed by atoms with Crippen molar-refractivity contribution < 1.29 is 39.1 Å². The van der Waals surface area contributed by atoms with Crippen molar-refractivity contribution in [3.05, 3.63) is 70.8 Å². The van der Waals surface area contributed by atoms with Crippen LogP contribution < -0.4 is 0 Å². The van der Waals surface area contributed by atoms with Gasteiger partial charge in [0.2, 0.25) is 0 Å². The van der Waals surface area contributed by atoms with Gasteiger partial charge in [-0.05, 0) is 59.8 Å². The van der Waals surface area contributed by atoms with Crippen molar-refractivity contribution in [2.45, 2.75) is 92.9 Å². The fourth-order valence-corrected chi connectivity index (χ4v) is 6.57. The topological polar surface area (TPSA) is 152 Å². The van der Waals surface area contributed by atoms with Crippen molar-refractivity contribution in [1.29, 1.82) is 0 Å². The smallest absolute Gasteiger partial charge is 0.336 e. The minimum Gasteiger partial charge on any atom is -0.478 e. The first-order valence-corrected chi connectivity index (χ1v) is 16.4. The van der Waals surface area contributed by atoms with E-state index in [4.69, 9.17) is 9.68 Å². The van der Waals surface area contributed by atoms with Crippen LogP contribution in [0.15, 0.2) is 58.9 Å². The molecule has 10 nitrogen and oxygen atoms in total. The average molecular weight is 661 g/mol. The maximum Gasteiger partial charge on any atom is 0.336 e. The Bertz CT molecular complexity index is 1500. The van der Waals surface area contributed by atoms with Gasteiger partial charge in [-0.2, -0.15) is 0 Å². The summed E-state index contributed by atoms with van der Waals surface area (Å²) >= 11 is 0. The summed E-state index contributed by atoms with van der Waals surface area (Å²) in [6, 6.07) is 2.52. The summed E-state index contributed by atoms with van der Waals surface area (Å²) in [5, 5.41) is 29.9. The van der Waals surface area contributed by atoms with Gasteiger partial charge >= 0.3 is 11.9 Å². The number of hydrogen-bond donors (Lipinski definition) is 2. The van der Waals surface area contributed by atoms with Gasteiger partial charge in [-0.25, -0.2) is 9.59 Å². The predicted molar refractivity (Wildman–Crippen MR) is 187 cm³/mol. The molecule has 0 saturated heterocycles. The van der Waals surface area contributed by atoms with Crippen molar-refractivity contribution in [3.63, 3.8) is 0 Å². The summed E-state index contributed by atoms with van der Waals surface area (Å²) in [6.07, 6.45) is 5.79. The van der Waals surface area contributed by atoms with Crippen molar-refractivity contribution >= 4 is 46.1 Å². The van der Waals surface area contributed by atoms with Crippen LogP contribution in [0.3, 0.4) is 0 Å². The number of aromatic carboxylic acids is 2. The number of Topliss-reactive ketones (excluding diaryl/α,β-unsaturated/α-hetero) is 2. The lowest BCUT2D eigenvalue weighted by Crippen LogP contribution is -2.32. The normalized spacial score (nSPS) is 18.1. The number of carbonyl (C=O) groups excluding carboxylic acids is 2. The number of ketones is 2. The molecular formula is C38H48N2O8. The van der Waals surface area contributed by atoms with Crippen LogP contribution in [-0.4, -0.2) is 58.4 Å². The van der Waals surface area contributed by atoms with E-state index in [1.54, 1.807) is 0 Å². The summed E-state index contributed by atoms with van der Waals surface area (Å²) in [5.41, 5.74) is 0.447. The van der Waals surface area contributed by atoms with Gasteiger partial charge in [-0.15, -0.1) is 0 Å². The Labute approximate surface area is 282 Å². The molecule has 0 bridgehead atoms. The monoisotopic (exact) mass is 660 g/mol. The highest BCUT2D eigenvalue weighted by Crippen LogP contribution is 2.50. The van der Waals surface area contributed by atoms with E-state index < -0.39 is 22.8 Å². The van der Waals surface area contributed by atoms with E-state index in [0.717, 1.165) is 0 Å². The van der Waals surface area contributed by atoms with Crippen LogP contribution in [-0.2, 0) is 19.3 Å². The molecule has 10 heteroatoms. The molecule has 0 amide bonds. The largest absolute Gasteiger partial charge is 0.478 e. The predicted octanol–water partition coefficient (Wildman–Crippen LogP) is 8.09. The van der Waals surface area contributed by atoms with Crippen LogP contribution in [0.2, 0.25) is 0 Å². The number of carboxylic acid groups (broad SMARTS) is 2. The molecule has 258 valence electrons. The van der Waals surface area contributed by atoms with Crippen molar-refractivity contribution in [3.8, 4) is 0 Å². The first-order chi connectivity index (χ1) is 22.6. The fourth-order valence-electron chi connectivity index (χ4n) is 6.57. The number of oxime groups is 2. The Balaban J connectivity index is 2.70. The Hall–Kier alpha value is -4.60. The van der Waals surface area contributed by atoms with Crippen LogP contribution in [0.5, 0.6) is 0 Å². The Morgan fingerprint density at radius 2 is 1.08 bits per heavy atom. The van der Waals surface area contributed by atoms with Crippen LogP contribution in [0.4, 0.5) is 0 Å². The number of carbonyl (C=O) groups is 4. The van der Waals surface area contributed by atoms with Crippen LogP contribution in [0, 0.1) is 10.8 Å².